The maximum absolute atomic E-state index is 13.3. The third kappa shape index (κ3) is 4.02. The molecule has 0 saturated heterocycles. The van der Waals surface area contributed by atoms with Crippen molar-refractivity contribution in [1.82, 2.24) is 19.9 Å². The summed E-state index contributed by atoms with van der Waals surface area (Å²) in [4.78, 5) is 22.0. The number of carbonyl (C=O) groups is 1. The van der Waals surface area contributed by atoms with Crippen LogP contribution in [0, 0.1) is 11.3 Å². The van der Waals surface area contributed by atoms with E-state index >= 15 is 0 Å². The molecule has 3 aromatic rings. The lowest BCUT2D eigenvalue weighted by Crippen LogP contribution is -2.40. The number of para-hydroxylation sites is 1. The first kappa shape index (κ1) is 20.3. The minimum atomic E-state index is -0.0305. The summed E-state index contributed by atoms with van der Waals surface area (Å²) in [5, 5.41) is 4.18. The van der Waals surface area contributed by atoms with E-state index in [0.717, 1.165) is 30.2 Å². The molecular formula is C25H30N4O. The van der Waals surface area contributed by atoms with Gasteiger partial charge in [0.1, 0.15) is 0 Å². The molecule has 1 N–H and O–H groups in total. The van der Waals surface area contributed by atoms with E-state index in [1.165, 1.54) is 19.3 Å². The third-order valence-electron chi connectivity index (χ3n) is 6.44. The lowest BCUT2D eigenvalue weighted by molar-refractivity contribution is 0.0881. The number of amides is 1. The highest BCUT2D eigenvalue weighted by Crippen LogP contribution is 2.43. The van der Waals surface area contributed by atoms with E-state index < -0.39 is 0 Å². The number of allylic oxidation sites excluding steroid dienone is 1. The lowest BCUT2D eigenvalue weighted by atomic mass is 9.67. The lowest BCUT2D eigenvalue weighted by Gasteiger charge is -2.40. The quantitative estimate of drug-likeness (QED) is 0.545. The number of aromatic nitrogens is 3. The SMILES string of the molecule is C=CC1CCCC(CCC)(CNC(=O)c2cn(-c3ncccn3)c3ccccc23)C1. The first-order chi connectivity index (χ1) is 14.7. The summed E-state index contributed by atoms with van der Waals surface area (Å²) in [7, 11) is 0. The second-order valence-corrected chi connectivity index (χ2v) is 8.50. The molecule has 156 valence electrons. The Balaban J connectivity index is 1.60. The van der Waals surface area contributed by atoms with Crippen LogP contribution in [0.25, 0.3) is 16.9 Å². The molecule has 1 aromatic carbocycles. The van der Waals surface area contributed by atoms with E-state index in [0.29, 0.717) is 24.0 Å². The predicted molar refractivity (Wildman–Crippen MR) is 121 cm³/mol. The van der Waals surface area contributed by atoms with Crippen molar-refractivity contribution in [3.8, 4) is 5.95 Å². The maximum atomic E-state index is 13.3. The third-order valence-corrected chi connectivity index (χ3v) is 6.44. The maximum Gasteiger partial charge on any atom is 0.253 e. The van der Waals surface area contributed by atoms with Gasteiger partial charge in [-0.15, -0.1) is 6.58 Å². The van der Waals surface area contributed by atoms with Gasteiger partial charge < -0.3 is 5.32 Å². The van der Waals surface area contributed by atoms with Crippen LogP contribution in [0.2, 0.25) is 0 Å². The molecule has 1 aliphatic carbocycles. The van der Waals surface area contributed by atoms with Crippen molar-refractivity contribution in [2.24, 2.45) is 11.3 Å². The fourth-order valence-corrected chi connectivity index (χ4v) is 5.01. The van der Waals surface area contributed by atoms with Crippen molar-refractivity contribution >= 4 is 16.8 Å². The Hall–Kier alpha value is -2.95. The highest BCUT2D eigenvalue weighted by Gasteiger charge is 2.35. The molecule has 5 nitrogen and oxygen atoms in total. The Kier molecular flexibility index (Phi) is 5.98. The number of hydrogen-bond donors (Lipinski definition) is 1. The van der Waals surface area contributed by atoms with Crippen molar-refractivity contribution in [2.75, 3.05) is 6.54 Å². The van der Waals surface area contributed by atoms with Crippen LogP contribution in [-0.4, -0.2) is 27.0 Å². The molecule has 1 aliphatic rings. The Morgan fingerprint density at radius 1 is 1.30 bits per heavy atom. The minimum absolute atomic E-state index is 0.0305. The molecule has 2 aromatic heterocycles. The van der Waals surface area contributed by atoms with Gasteiger partial charge in [-0.05, 0) is 49.1 Å². The number of fused-ring (bicyclic) bond motifs is 1. The van der Waals surface area contributed by atoms with Gasteiger partial charge in [0.15, 0.2) is 0 Å². The van der Waals surface area contributed by atoms with Crippen LogP contribution in [0.3, 0.4) is 0 Å². The molecule has 2 unspecified atom stereocenters. The molecule has 30 heavy (non-hydrogen) atoms. The van der Waals surface area contributed by atoms with Gasteiger partial charge in [-0.1, -0.05) is 44.0 Å². The smallest absolute Gasteiger partial charge is 0.253 e. The molecule has 4 rings (SSSR count). The largest absolute Gasteiger partial charge is 0.351 e. The number of carbonyl (C=O) groups excluding carboxylic acids is 1. The zero-order chi connectivity index (χ0) is 21.0. The van der Waals surface area contributed by atoms with E-state index in [1.807, 2.05) is 35.0 Å². The van der Waals surface area contributed by atoms with Gasteiger partial charge in [0.25, 0.3) is 5.91 Å². The molecule has 0 aliphatic heterocycles. The second kappa shape index (κ2) is 8.82. The average Bonchev–Trinajstić information content (AvgIpc) is 3.18. The summed E-state index contributed by atoms with van der Waals surface area (Å²) in [5.41, 5.74) is 1.77. The highest BCUT2D eigenvalue weighted by molar-refractivity contribution is 6.07. The van der Waals surface area contributed by atoms with Gasteiger partial charge in [-0.25, -0.2) is 9.97 Å². The van der Waals surface area contributed by atoms with Crippen molar-refractivity contribution in [2.45, 2.75) is 45.4 Å². The van der Waals surface area contributed by atoms with Gasteiger partial charge in [0, 0.05) is 30.5 Å². The summed E-state index contributed by atoms with van der Waals surface area (Å²) >= 11 is 0. The molecule has 5 heteroatoms. The van der Waals surface area contributed by atoms with Crippen molar-refractivity contribution in [3.05, 3.63) is 67.1 Å². The normalized spacial score (nSPS) is 21.4. The first-order valence-electron chi connectivity index (χ1n) is 10.9. The van der Waals surface area contributed by atoms with Gasteiger partial charge in [-0.3, -0.25) is 9.36 Å². The van der Waals surface area contributed by atoms with Crippen molar-refractivity contribution < 1.29 is 4.79 Å². The monoisotopic (exact) mass is 402 g/mol. The molecule has 0 bridgehead atoms. The first-order valence-corrected chi connectivity index (χ1v) is 10.9. The summed E-state index contributed by atoms with van der Waals surface area (Å²) in [5.74, 6) is 1.09. The summed E-state index contributed by atoms with van der Waals surface area (Å²) in [6.45, 7) is 6.96. The van der Waals surface area contributed by atoms with Crippen LogP contribution in [0.1, 0.15) is 55.8 Å². The Morgan fingerprint density at radius 2 is 2.10 bits per heavy atom. The van der Waals surface area contributed by atoms with Gasteiger partial charge in [0.2, 0.25) is 5.95 Å². The van der Waals surface area contributed by atoms with Crippen LogP contribution in [0.5, 0.6) is 0 Å². The summed E-state index contributed by atoms with van der Waals surface area (Å²) in [6, 6.07) is 9.70. The van der Waals surface area contributed by atoms with E-state index in [2.05, 4.69) is 34.9 Å². The molecule has 2 atom stereocenters. The van der Waals surface area contributed by atoms with Crippen molar-refractivity contribution in [1.29, 1.82) is 0 Å². The Labute approximate surface area is 178 Å². The minimum Gasteiger partial charge on any atom is -0.351 e. The Bertz CT molecular complexity index is 1020. The molecule has 2 heterocycles. The molecular weight excluding hydrogens is 372 g/mol. The summed E-state index contributed by atoms with van der Waals surface area (Å²) in [6.07, 6.45) is 14.4. The van der Waals surface area contributed by atoms with E-state index in [4.69, 9.17) is 0 Å². The van der Waals surface area contributed by atoms with E-state index in [-0.39, 0.29) is 11.3 Å². The molecule has 1 saturated carbocycles. The predicted octanol–water partition coefficient (Wildman–Crippen LogP) is 5.31. The number of rotatable bonds is 7. The van der Waals surface area contributed by atoms with Crippen LogP contribution in [0.15, 0.2) is 61.6 Å². The van der Waals surface area contributed by atoms with Crippen LogP contribution >= 0.6 is 0 Å². The fourth-order valence-electron chi connectivity index (χ4n) is 5.01. The van der Waals surface area contributed by atoms with Gasteiger partial charge >= 0.3 is 0 Å². The molecule has 1 fully saturated rings. The van der Waals surface area contributed by atoms with Crippen LogP contribution in [0.4, 0.5) is 0 Å². The number of benzene rings is 1. The molecule has 0 radical (unpaired) electrons. The van der Waals surface area contributed by atoms with E-state index in [9.17, 15) is 4.79 Å². The van der Waals surface area contributed by atoms with E-state index in [1.54, 1.807) is 18.5 Å². The second-order valence-electron chi connectivity index (χ2n) is 8.50. The standard InChI is InChI=1S/C25H30N4O/c1-3-12-25(13-7-9-19(4-2)16-25)18-28-23(30)21-17-29(24-26-14-8-15-27-24)22-11-6-5-10-20(21)22/h4-6,8,10-11,14-15,17,19H,2-3,7,9,12-13,16,18H2,1H3,(H,28,30). The van der Waals surface area contributed by atoms with Crippen molar-refractivity contribution in [3.63, 3.8) is 0 Å². The number of hydrogen-bond acceptors (Lipinski definition) is 3. The zero-order valence-electron chi connectivity index (χ0n) is 17.7. The molecule has 1 amide bonds. The van der Waals surface area contributed by atoms with Crippen LogP contribution in [-0.2, 0) is 0 Å². The number of nitrogens with one attached hydrogen (secondary N) is 1. The van der Waals surface area contributed by atoms with Gasteiger partial charge in [-0.2, -0.15) is 0 Å². The Morgan fingerprint density at radius 3 is 2.87 bits per heavy atom. The summed E-state index contributed by atoms with van der Waals surface area (Å²) < 4.78 is 1.89. The molecule has 0 spiro atoms. The van der Waals surface area contributed by atoms with Crippen LogP contribution < -0.4 is 5.32 Å². The number of nitrogens with zero attached hydrogens (tertiary/aromatic N) is 3. The topological polar surface area (TPSA) is 59.8 Å². The van der Waals surface area contributed by atoms with Gasteiger partial charge in [0.05, 0.1) is 11.1 Å². The zero-order valence-corrected chi connectivity index (χ0v) is 17.7. The fraction of sp³-hybridized carbons (Fsp3) is 0.400. The average molecular weight is 403 g/mol. The highest BCUT2D eigenvalue weighted by atomic mass is 16.1.